The zero-order valence-electron chi connectivity index (χ0n) is 7.55. The first kappa shape index (κ1) is 13.2. The fourth-order valence-corrected chi connectivity index (χ4v) is 0.797. The minimum Gasteiger partial charge on any atom is -0.478 e. The lowest BCUT2D eigenvalue weighted by atomic mass is 10.4. The molecule has 1 unspecified atom stereocenters. The maximum absolute atomic E-state index is 12.0. The Morgan fingerprint density at radius 3 is 1.69 bits per heavy atom. The molecule has 0 aromatic heterocycles. The second-order valence-electron chi connectivity index (χ2n) is 2.96. The number of rotatable bonds is 1. The summed E-state index contributed by atoms with van der Waals surface area (Å²) in [5, 5.41) is 7.67. The van der Waals surface area contributed by atoms with Gasteiger partial charge in [0.25, 0.3) is 0 Å². The first-order valence-corrected chi connectivity index (χ1v) is 5.02. The molecule has 7 heteroatoms. The minimum absolute atomic E-state index is 0.181. The first-order valence-electron chi connectivity index (χ1n) is 3.94. The van der Waals surface area contributed by atoms with Crippen molar-refractivity contribution in [3.05, 3.63) is 24.3 Å². The Morgan fingerprint density at radius 1 is 1.19 bits per heavy atom. The van der Waals surface area contributed by atoms with Crippen molar-refractivity contribution in [2.24, 2.45) is 0 Å². The molecule has 2 rings (SSSR count). The third-order valence-corrected chi connectivity index (χ3v) is 2.81. The summed E-state index contributed by atoms with van der Waals surface area (Å²) >= 11 is 0.181. The van der Waals surface area contributed by atoms with Gasteiger partial charge >= 0.3 is 15.8 Å². The van der Waals surface area contributed by atoms with Crippen LogP contribution in [0.25, 0.3) is 11.1 Å². The largest absolute Gasteiger partial charge is 0.478 e. The van der Waals surface area contributed by atoms with Gasteiger partial charge in [-0.15, -0.1) is 0 Å². The molecule has 2 nitrogen and oxygen atoms in total. The topological polar surface area (TPSA) is 37.3 Å². The van der Waals surface area contributed by atoms with E-state index < -0.39 is 15.8 Å². The quantitative estimate of drug-likeness (QED) is 0.487. The Labute approximate surface area is 101 Å². The van der Waals surface area contributed by atoms with Crippen LogP contribution >= 0.6 is 22.6 Å². The summed E-state index contributed by atoms with van der Waals surface area (Å²) in [6.45, 7) is 0. The van der Waals surface area contributed by atoms with E-state index in [1.165, 1.54) is 11.1 Å². The van der Waals surface area contributed by atoms with E-state index >= 15 is 0 Å². The van der Waals surface area contributed by atoms with Crippen LogP contribution in [-0.2, 0) is 4.79 Å². The van der Waals surface area contributed by atoms with Gasteiger partial charge in [-0.2, -0.15) is 13.2 Å². The summed E-state index contributed by atoms with van der Waals surface area (Å²) in [5.41, 5.74) is 2.85. The van der Waals surface area contributed by atoms with Crippen molar-refractivity contribution in [3.63, 3.8) is 0 Å². The monoisotopic (exact) mass is 348 g/mol. The number of alkyl halides is 5. The fraction of sp³-hybridized carbons (Fsp3) is 0.222. The molecule has 0 heterocycles. The van der Waals surface area contributed by atoms with Crippen molar-refractivity contribution in [1.29, 1.82) is 0 Å². The molecule has 1 N–H and O–H groups in total. The summed E-state index contributed by atoms with van der Waals surface area (Å²) in [4.78, 5) is 9.57. The molecule has 0 aromatic carbocycles. The Hall–Kier alpha value is -0.860. The molecule has 16 heavy (non-hydrogen) atoms. The van der Waals surface area contributed by atoms with Crippen LogP contribution in [0.3, 0.4) is 0 Å². The zero-order chi connectivity index (χ0) is 12.6. The minimum atomic E-state index is -5.36. The standard InChI is InChI=1S/C6H4.C3HF4IO2/c1-2-5-4-6(5)3-1;4-2(8,1(9)10)3(5,6)7/h1-4H;(H,9,10). The van der Waals surface area contributed by atoms with Gasteiger partial charge in [0.05, 0.1) is 0 Å². The highest BCUT2D eigenvalue weighted by atomic mass is 127. The third kappa shape index (κ3) is 2.83. The number of hydrogen-bond donors (Lipinski definition) is 1. The zero-order valence-corrected chi connectivity index (χ0v) is 9.71. The van der Waals surface area contributed by atoms with Gasteiger partial charge in [0, 0.05) is 0 Å². The highest BCUT2D eigenvalue weighted by Crippen LogP contribution is 2.39. The lowest BCUT2D eigenvalue weighted by Gasteiger charge is -2.15. The van der Waals surface area contributed by atoms with Gasteiger partial charge in [0.1, 0.15) is 0 Å². The Bertz CT molecular complexity index is 397. The van der Waals surface area contributed by atoms with Crippen molar-refractivity contribution in [2.45, 2.75) is 9.85 Å². The highest BCUT2D eigenvalue weighted by molar-refractivity contribution is 14.1. The second-order valence-corrected chi connectivity index (χ2v) is 4.44. The molecule has 0 fully saturated rings. The Morgan fingerprint density at radius 2 is 1.62 bits per heavy atom. The number of carbonyl (C=O) groups is 1. The maximum Gasteiger partial charge on any atom is 0.443 e. The van der Waals surface area contributed by atoms with E-state index in [1.807, 2.05) is 0 Å². The second kappa shape index (κ2) is 4.19. The Balaban J connectivity index is 0.000000176. The van der Waals surface area contributed by atoms with Gasteiger partial charge in [0.15, 0.2) is 0 Å². The normalized spacial score (nSPS) is 15.6. The van der Waals surface area contributed by atoms with E-state index in [2.05, 4.69) is 24.3 Å². The average molecular weight is 348 g/mol. The van der Waals surface area contributed by atoms with Gasteiger partial charge in [0.2, 0.25) is 0 Å². The lowest BCUT2D eigenvalue weighted by Crippen LogP contribution is -2.42. The summed E-state index contributed by atoms with van der Waals surface area (Å²) < 4.78 is 41.8. The fourth-order valence-electron chi connectivity index (χ4n) is 0.797. The maximum atomic E-state index is 12.0. The molecule has 2 aliphatic rings. The summed E-state index contributed by atoms with van der Waals surface area (Å²) in [7, 11) is 0. The van der Waals surface area contributed by atoms with E-state index in [-0.39, 0.29) is 22.6 Å². The molecule has 88 valence electrons. The number of fused-ring (bicyclic) bond motifs is 1. The molecule has 0 radical (unpaired) electrons. The van der Waals surface area contributed by atoms with Crippen molar-refractivity contribution < 1.29 is 27.5 Å². The summed E-state index contributed by atoms with van der Waals surface area (Å²) in [5.74, 6) is -2.54. The van der Waals surface area contributed by atoms with Gasteiger partial charge < -0.3 is 5.11 Å². The summed E-state index contributed by atoms with van der Waals surface area (Å²) in [6.07, 6.45) is -5.36. The number of carboxylic acid groups (broad SMARTS) is 1. The Kier molecular flexibility index (Phi) is 3.46. The smallest absolute Gasteiger partial charge is 0.443 e. The van der Waals surface area contributed by atoms with Gasteiger partial charge in [-0.1, -0.05) is 18.2 Å². The SMILES string of the molecule is O=C(O)C(F)(I)C(F)(F)F.c1cc2cc-2c1. The molecule has 0 saturated carbocycles. The van der Waals surface area contributed by atoms with Crippen molar-refractivity contribution >= 4 is 28.6 Å². The van der Waals surface area contributed by atoms with E-state index in [0.29, 0.717) is 0 Å². The number of hydrogen-bond acceptors (Lipinski definition) is 1. The molecule has 0 saturated heterocycles. The van der Waals surface area contributed by atoms with E-state index in [9.17, 15) is 22.4 Å². The van der Waals surface area contributed by atoms with E-state index in [0.717, 1.165) is 0 Å². The molecule has 1 atom stereocenters. The van der Waals surface area contributed by atoms with Crippen LogP contribution in [0.5, 0.6) is 0 Å². The van der Waals surface area contributed by atoms with Crippen molar-refractivity contribution in [1.82, 2.24) is 0 Å². The van der Waals surface area contributed by atoms with Gasteiger partial charge in [-0.3, -0.25) is 0 Å². The molecule has 0 aromatic rings. The summed E-state index contributed by atoms with van der Waals surface area (Å²) in [6, 6.07) is 8.48. The van der Waals surface area contributed by atoms with Crippen molar-refractivity contribution in [3.8, 4) is 11.1 Å². The number of halogens is 5. The molecule has 0 bridgehead atoms. The van der Waals surface area contributed by atoms with Crippen LogP contribution in [-0.4, -0.2) is 20.9 Å². The van der Waals surface area contributed by atoms with Crippen molar-refractivity contribution in [2.75, 3.05) is 0 Å². The molecule has 0 aliphatic heterocycles. The third-order valence-electron chi connectivity index (χ3n) is 1.74. The number of aliphatic carboxylic acids is 1. The van der Waals surface area contributed by atoms with Gasteiger partial charge in [-0.05, 0) is 39.8 Å². The van der Waals surface area contributed by atoms with Crippen LogP contribution in [0.2, 0.25) is 0 Å². The van der Waals surface area contributed by atoms with E-state index in [1.54, 1.807) is 0 Å². The van der Waals surface area contributed by atoms with Gasteiger partial charge in [-0.25, -0.2) is 9.18 Å². The lowest BCUT2D eigenvalue weighted by molar-refractivity contribution is -0.202. The molecule has 0 spiro atoms. The molecular formula is C9H5F4IO2. The molecule has 2 aliphatic carbocycles. The average Bonchev–Trinajstić information content (AvgIpc) is 2.73. The predicted molar refractivity (Wildman–Crippen MR) is 57.0 cm³/mol. The van der Waals surface area contributed by atoms with Crippen LogP contribution in [0.1, 0.15) is 0 Å². The molecule has 0 amide bonds. The molecular weight excluding hydrogens is 343 g/mol. The predicted octanol–water partition coefficient (Wildman–Crippen LogP) is 3.40. The highest BCUT2D eigenvalue weighted by Gasteiger charge is 2.60. The van der Waals surface area contributed by atoms with Crippen LogP contribution in [0.15, 0.2) is 24.3 Å². The van der Waals surface area contributed by atoms with Crippen LogP contribution < -0.4 is 0 Å². The first-order chi connectivity index (χ1) is 7.16. The van der Waals surface area contributed by atoms with Crippen LogP contribution in [0.4, 0.5) is 17.6 Å². The number of carboxylic acids is 1. The number of benzene rings is 1. The van der Waals surface area contributed by atoms with Crippen LogP contribution in [0, 0.1) is 0 Å². The van der Waals surface area contributed by atoms with E-state index in [4.69, 9.17) is 5.11 Å².